The van der Waals surface area contributed by atoms with Crippen LogP contribution in [0, 0.1) is 11.8 Å². The molecule has 17 heavy (non-hydrogen) atoms. The van der Waals surface area contributed by atoms with Crippen LogP contribution < -0.4 is 10.6 Å². The summed E-state index contributed by atoms with van der Waals surface area (Å²) in [6.45, 7) is 5.09. The molecule has 1 aliphatic rings. The predicted octanol–water partition coefficient (Wildman–Crippen LogP) is 0.420. The molecule has 0 aromatic rings. The molecule has 0 unspecified atom stereocenters. The normalized spacial score (nSPS) is 21.9. The number of hydrogen-bond donors (Lipinski definition) is 2. The first kappa shape index (κ1) is 13.5. The van der Waals surface area contributed by atoms with Crippen molar-refractivity contribution in [2.24, 2.45) is 11.8 Å². The second-order valence-electron chi connectivity index (χ2n) is 4.60. The number of amides is 3. The van der Waals surface area contributed by atoms with Crippen LogP contribution in [0.15, 0.2) is 0 Å². The number of imide groups is 1. The number of carbonyl (C=O) groups is 3. The van der Waals surface area contributed by atoms with E-state index in [0.29, 0.717) is 5.92 Å². The average molecular weight is 242 g/mol. The van der Waals surface area contributed by atoms with Gasteiger partial charge in [0.05, 0.1) is 5.92 Å². The lowest BCUT2D eigenvalue weighted by molar-refractivity contribution is -0.149. The molecule has 6 heteroatoms. The van der Waals surface area contributed by atoms with Gasteiger partial charge in [0.2, 0.25) is 0 Å². The van der Waals surface area contributed by atoms with Gasteiger partial charge in [-0.1, -0.05) is 6.92 Å². The van der Waals surface area contributed by atoms with Crippen molar-refractivity contribution in [2.45, 2.75) is 33.2 Å². The Kier molecular flexibility index (Phi) is 4.48. The SMILES string of the molecule is CC(C)NC(=O)NC(=O)COC(=O)[C@@H]1C[C@H]1C. The van der Waals surface area contributed by atoms with Gasteiger partial charge >= 0.3 is 12.0 Å². The zero-order valence-corrected chi connectivity index (χ0v) is 10.3. The van der Waals surface area contributed by atoms with Crippen molar-refractivity contribution in [3.05, 3.63) is 0 Å². The molecule has 2 atom stereocenters. The second-order valence-corrected chi connectivity index (χ2v) is 4.60. The number of hydrogen-bond acceptors (Lipinski definition) is 4. The van der Waals surface area contributed by atoms with Gasteiger partial charge in [-0.25, -0.2) is 4.79 Å². The number of urea groups is 1. The third kappa shape index (κ3) is 4.84. The van der Waals surface area contributed by atoms with Crippen molar-refractivity contribution in [1.29, 1.82) is 0 Å². The predicted molar refractivity (Wildman–Crippen MR) is 60.0 cm³/mol. The van der Waals surface area contributed by atoms with Gasteiger partial charge in [0.25, 0.3) is 5.91 Å². The summed E-state index contributed by atoms with van der Waals surface area (Å²) in [5.74, 6) is -0.719. The molecule has 0 aromatic heterocycles. The fourth-order valence-corrected chi connectivity index (χ4v) is 1.36. The Hall–Kier alpha value is -1.59. The van der Waals surface area contributed by atoms with Gasteiger partial charge < -0.3 is 10.1 Å². The van der Waals surface area contributed by atoms with Crippen LogP contribution in [0.4, 0.5) is 4.79 Å². The highest BCUT2D eigenvalue weighted by Gasteiger charge is 2.40. The van der Waals surface area contributed by atoms with Crippen LogP contribution in [0.5, 0.6) is 0 Å². The maximum absolute atomic E-state index is 11.3. The van der Waals surface area contributed by atoms with E-state index in [1.54, 1.807) is 13.8 Å². The van der Waals surface area contributed by atoms with Crippen molar-refractivity contribution < 1.29 is 19.1 Å². The van der Waals surface area contributed by atoms with Gasteiger partial charge in [-0.2, -0.15) is 0 Å². The molecular weight excluding hydrogens is 224 g/mol. The minimum atomic E-state index is -0.621. The smallest absolute Gasteiger partial charge is 0.321 e. The third-order valence-corrected chi connectivity index (χ3v) is 2.43. The molecule has 0 radical (unpaired) electrons. The molecule has 1 aliphatic carbocycles. The van der Waals surface area contributed by atoms with E-state index in [1.807, 2.05) is 6.92 Å². The summed E-state index contributed by atoms with van der Waals surface area (Å²) in [4.78, 5) is 33.6. The van der Waals surface area contributed by atoms with E-state index in [1.165, 1.54) is 0 Å². The number of ether oxygens (including phenoxy) is 1. The summed E-state index contributed by atoms with van der Waals surface area (Å²) in [7, 11) is 0. The number of rotatable bonds is 4. The fourth-order valence-electron chi connectivity index (χ4n) is 1.36. The van der Waals surface area contributed by atoms with Crippen LogP contribution >= 0.6 is 0 Å². The maximum Gasteiger partial charge on any atom is 0.321 e. The van der Waals surface area contributed by atoms with E-state index in [0.717, 1.165) is 6.42 Å². The molecule has 96 valence electrons. The Morgan fingerprint density at radius 2 is 1.94 bits per heavy atom. The van der Waals surface area contributed by atoms with E-state index >= 15 is 0 Å². The molecule has 0 aliphatic heterocycles. The minimum absolute atomic E-state index is 0.0577. The fraction of sp³-hybridized carbons (Fsp3) is 0.727. The van der Waals surface area contributed by atoms with Crippen LogP contribution in [-0.2, 0) is 14.3 Å². The first-order chi connectivity index (χ1) is 7.90. The summed E-state index contributed by atoms with van der Waals surface area (Å²) in [6, 6.07) is -0.640. The van der Waals surface area contributed by atoms with Gasteiger partial charge in [-0.3, -0.25) is 14.9 Å². The third-order valence-electron chi connectivity index (χ3n) is 2.43. The largest absolute Gasteiger partial charge is 0.455 e. The molecule has 0 saturated heterocycles. The van der Waals surface area contributed by atoms with E-state index in [-0.39, 0.29) is 17.9 Å². The average Bonchev–Trinajstić information content (AvgIpc) is 2.90. The van der Waals surface area contributed by atoms with Crippen LogP contribution in [0.25, 0.3) is 0 Å². The molecule has 2 N–H and O–H groups in total. The standard InChI is InChI=1S/C11H18N2O4/c1-6(2)12-11(16)13-9(14)5-17-10(15)8-4-7(8)3/h6-8H,4-5H2,1-3H3,(H2,12,13,14,16)/t7-,8-/m1/s1. The quantitative estimate of drug-likeness (QED) is 0.700. The highest BCUT2D eigenvalue weighted by atomic mass is 16.5. The molecule has 3 amide bonds. The van der Waals surface area contributed by atoms with E-state index in [4.69, 9.17) is 4.74 Å². The Bertz CT molecular complexity index is 327. The lowest BCUT2D eigenvalue weighted by Gasteiger charge is -2.09. The summed E-state index contributed by atoms with van der Waals surface area (Å²) in [6.07, 6.45) is 0.814. The molecule has 0 spiro atoms. The molecule has 0 aromatic carbocycles. The van der Waals surface area contributed by atoms with Crippen molar-refractivity contribution in [3.8, 4) is 0 Å². The van der Waals surface area contributed by atoms with Crippen LogP contribution in [0.2, 0.25) is 0 Å². The van der Waals surface area contributed by atoms with Gasteiger partial charge in [0.1, 0.15) is 0 Å². The van der Waals surface area contributed by atoms with E-state index < -0.39 is 18.5 Å². The molecule has 6 nitrogen and oxygen atoms in total. The zero-order chi connectivity index (χ0) is 13.0. The van der Waals surface area contributed by atoms with Crippen LogP contribution in [0.1, 0.15) is 27.2 Å². The van der Waals surface area contributed by atoms with Gasteiger partial charge in [-0.05, 0) is 26.2 Å². The molecule has 0 bridgehead atoms. The minimum Gasteiger partial charge on any atom is -0.455 e. The first-order valence-corrected chi connectivity index (χ1v) is 5.67. The Balaban J connectivity index is 2.16. The van der Waals surface area contributed by atoms with E-state index in [9.17, 15) is 14.4 Å². The Morgan fingerprint density at radius 1 is 1.35 bits per heavy atom. The number of esters is 1. The van der Waals surface area contributed by atoms with Crippen LogP contribution in [0.3, 0.4) is 0 Å². The number of carbonyl (C=O) groups excluding carboxylic acids is 3. The van der Waals surface area contributed by atoms with Gasteiger partial charge in [0, 0.05) is 6.04 Å². The lowest BCUT2D eigenvalue weighted by Crippen LogP contribution is -2.44. The molecule has 1 saturated carbocycles. The Labute approximate surface area is 100 Å². The summed E-state index contributed by atoms with van der Waals surface area (Å²) >= 11 is 0. The number of nitrogens with one attached hydrogen (secondary N) is 2. The first-order valence-electron chi connectivity index (χ1n) is 5.67. The highest BCUT2D eigenvalue weighted by molar-refractivity contribution is 5.95. The van der Waals surface area contributed by atoms with Crippen LogP contribution in [-0.4, -0.2) is 30.6 Å². The van der Waals surface area contributed by atoms with E-state index in [2.05, 4.69) is 10.6 Å². The lowest BCUT2D eigenvalue weighted by atomic mass is 10.3. The summed E-state index contributed by atoms with van der Waals surface area (Å²) in [5, 5.41) is 4.56. The van der Waals surface area contributed by atoms with Crippen molar-refractivity contribution in [1.82, 2.24) is 10.6 Å². The van der Waals surface area contributed by atoms with Crippen molar-refractivity contribution in [3.63, 3.8) is 0 Å². The molecule has 1 rings (SSSR count). The summed E-state index contributed by atoms with van der Waals surface area (Å²) in [5.41, 5.74) is 0. The molecule has 1 fully saturated rings. The highest BCUT2D eigenvalue weighted by Crippen LogP contribution is 2.38. The van der Waals surface area contributed by atoms with Crippen molar-refractivity contribution >= 4 is 17.9 Å². The molecule has 0 heterocycles. The monoisotopic (exact) mass is 242 g/mol. The van der Waals surface area contributed by atoms with Gasteiger partial charge in [-0.15, -0.1) is 0 Å². The molecular formula is C11H18N2O4. The maximum atomic E-state index is 11.3. The zero-order valence-electron chi connectivity index (χ0n) is 10.3. The summed E-state index contributed by atoms with van der Waals surface area (Å²) < 4.78 is 4.77. The Morgan fingerprint density at radius 3 is 2.41 bits per heavy atom. The van der Waals surface area contributed by atoms with Crippen molar-refractivity contribution in [2.75, 3.05) is 6.61 Å². The topological polar surface area (TPSA) is 84.5 Å². The second kappa shape index (κ2) is 5.65. The van der Waals surface area contributed by atoms with Gasteiger partial charge in [0.15, 0.2) is 6.61 Å².